The van der Waals surface area contributed by atoms with Gasteiger partial charge in [-0.1, -0.05) is 6.07 Å². The molecule has 2 aromatic carbocycles. The van der Waals surface area contributed by atoms with Gasteiger partial charge in [-0.05, 0) is 57.2 Å². The van der Waals surface area contributed by atoms with Crippen molar-refractivity contribution in [1.29, 1.82) is 0 Å². The van der Waals surface area contributed by atoms with Crippen molar-refractivity contribution in [2.45, 2.75) is 51.9 Å². The average Bonchev–Trinajstić information content (AvgIpc) is 3.20. The van der Waals surface area contributed by atoms with E-state index in [1.165, 1.54) is 0 Å². The number of benzene rings is 2. The molecule has 0 atom stereocenters. The number of aromatic nitrogens is 2. The molecule has 0 radical (unpaired) electrons. The number of likely N-dealkylation sites (tertiary alicyclic amines) is 1. The standard InChI is InChI=1S/C25H28N4O4/c1-25(2,3)33-24(30)29-13-11-20(12-14-29)32-19-8-6-18(7-9-19)31-16-23-27-21-10-5-17(26-4)15-22(21)28-23/h5-10,15,20H,11-14,16H2,1-3H3,(H,27,28). The van der Waals surface area contributed by atoms with Crippen LogP contribution in [-0.4, -0.2) is 45.8 Å². The van der Waals surface area contributed by atoms with Crippen molar-refractivity contribution in [2.75, 3.05) is 13.1 Å². The van der Waals surface area contributed by atoms with E-state index in [4.69, 9.17) is 20.8 Å². The van der Waals surface area contributed by atoms with Crippen LogP contribution < -0.4 is 9.47 Å². The molecule has 8 heteroatoms. The summed E-state index contributed by atoms with van der Waals surface area (Å²) in [6.45, 7) is 14.3. The number of hydrogen-bond donors (Lipinski definition) is 1. The van der Waals surface area contributed by atoms with Crippen LogP contribution in [0.1, 0.15) is 39.4 Å². The lowest BCUT2D eigenvalue weighted by Crippen LogP contribution is -2.44. The van der Waals surface area contributed by atoms with Crippen LogP contribution in [-0.2, 0) is 11.3 Å². The van der Waals surface area contributed by atoms with Gasteiger partial charge in [0.15, 0.2) is 5.69 Å². The van der Waals surface area contributed by atoms with Crippen molar-refractivity contribution in [3.05, 3.63) is 59.7 Å². The Labute approximate surface area is 193 Å². The van der Waals surface area contributed by atoms with Crippen LogP contribution in [0, 0.1) is 6.57 Å². The molecule has 1 fully saturated rings. The predicted molar refractivity (Wildman–Crippen MR) is 125 cm³/mol. The van der Waals surface area contributed by atoms with Crippen molar-refractivity contribution in [3.63, 3.8) is 0 Å². The van der Waals surface area contributed by atoms with Crippen LogP contribution in [0.15, 0.2) is 42.5 Å². The lowest BCUT2D eigenvalue weighted by molar-refractivity contribution is 0.0126. The van der Waals surface area contributed by atoms with Gasteiger partial charge in [0.2, 0.25) is 0 Å². The van der Waals surface area contributed by atoms with Crippen LogP contribution in [0.2, 0.25) is 0 Å². The molecule has 1 aliphatic rings. The van der Waals surface area contributed by atoms with Gasteiger partial charge in [0.05, 0.1) is 17.6 Å². The van der Waals surface area contributed by atoms with E-state index in [1.807, 2.05) is 51.1 Å². The molecule has 172 valence electrons. The molecule has 4 rings (SSSR count). The van der Waals surface area contributed by atoms with Crippen molar-refractivity contribution in [3.8, 4) is 11.5 Å². The summed E-state index contributed by atoms with van der Waals surface area (Å²) in [5, 5.41) is 0. The number of carbonyl (C=O) groups is 1. The van der Waals surface area contributed by atoms with Gasteiger partial charge < -0.3 is 24.1 Å². The maximum atomic E-state index is 12.2. The lowest BCUT2D eigenvalue weighted by atomic mass is 10.1. The van der Waals surface area contributed by atoms with Crippen LogP contribution in [0.4, 0.5) is 10.5 Å². The van der Waals surface area contributed by atoms with Crippen molar-refractivity contribution in [1.82, 2.24) is 14.9 Å². The Balaban J connectivity index is 1.25. The second-order valence-electron chi connectivity index (χ2n) is 9.04. The molecular formula is C25H28N4O4. The fourth-order valence-electron chi connectivity index (χ4n) is 3.63. The summed E-state index contributed by atoms with van der Waals surface area (Å²) in [6, 6.07) is 12.9. The second kappa shape index (κ2) is 9.41. The lowest BCUT2D eigenvalue weighted by Gasteiger charge is -2.33. The molecule has 3 aromatic rings. The number of piperidine rings is 1. The highest BCUT2D eigenvalue weighted by molar-refractivity contribution is 5.79. The molecule has 33 heavy (non-hydrogen) atoms. The Bertz CT molecular complexity index is 1150. The van der Waals surface area contributed by atoms with Gasteiger partial charge >= 0.3 is 6.09 Å². The Hall–Kier alpha value is -3.73. The number of nitrogens with one attached hydrogen (secondary N) is 1. The number of hydrogen-bond acceptors (Lipinski definition) is 5. The molecule has 8 nitrogen and oxygen atoms in total. The molecule has 0 unspecified atom stereocenters. The summed E-state index contributed by atoms with van der Waals surface area (Å²) in [5.74, 6) is 2.18. The van der Waals surface area contributed by atoms with Crippen LogP contribution in [0.3, 0.4) is 0 Å². The van der Waals surface area contributed by atoms with Gasteiger partial charge in [-0.15, -0.1) is 0 Å². The maximum absolute atomic E-state index is 12.2. The topological polar surface area (TPSA) is 81.0 Å². The normalized spacial score (nSPS) is 14.7. The number of ether oxygens (including phenoxy) is 3. The Kier molecular flexibility index (Phi) is 6.40. The number of rotatable bonds is 5. The number of H-pyrrole nitrogens is 1. The summed E-state index contributed by atoms with van der Waals surface area (Å²) in [7, 11) is 0. The van der Waals surface area contributed by atoms with E-state index in [0.717, 1.165) is 29.6 Å². The molecule has 1 aromatic heterocycles. The molecule has 0 saturated carbocycles. The molecule has 1 aliphatic heterocycles. The minimum atomic E-state index is -0.486. The van der Waals surface area contributed by atoms with E-state index in [1.54, 1.807) is 17.0 Å². The smallest absolute Gasteiger partial charge is 0.410 e. The number of aromatic amines is 1. The fraction of sp³-hybridized carbons (Fsp3) is 0.400. The SMILES string of the molecule is [C-]#[N+]c1ccc2nc(COc3ccc(OC4CCN(C(=O)OC(C)(C)C)CC4)cc3)[nH]c2c1. The largest absolute Gasteiger partial charge is 0.490 e. The highest BCUT2D eigenvalue weighted by atomic mass is 16.6. The van der Waals surface area contributed by atoms with E-state index in [0.29, 0.717) is 37.0 Å². The Morgan fingerprint density at radius 1 is 1.15 bits per heavy atom. The zero-order valence-electron chi connectivity index (χ0n) is 19.1. The average molecular weight is 449 g/mol. The highest BCUT2D eigenvalue weighted by Crippen LogP contribution is 2.24. The fourth-order valence-corrected chi connectivity index (χ4v) is 3.63. The second-order valence-corrected chi connectivity index (χ2v) is 9.04. The first-order valence-corrected chi connectivity index (χ1v) is 11.0. The zero-order chi connectivity index (χ0) is 23.4. The third-order valence-electron chi connectivity index (χ3n) is 5.24. The van der Waals surface area contributed by atoms with Crippen molar-refractivity contribution >= 4 is 22.8 Å². The number of carbonyl (C=O) groups excluding carboxylic acids is 1. The molecule has 1 N–H and O–H groups in total. The molecule has 2 heterocycles. The minimum absolute atomic E-state index is 0.0614. The molecule has 1 saturated heterocycles. The highest BCUT2D eigenvalue weighted by Gasteiger charge is 2.27. The van der Waals surface area contributed by atoms with E-state index < -0.39 is 5.60 Å². The van der Waals surface area contributed by atoms with Gasteiger partial charge in [0.1, 0.15) is 35.6 Å². The van der Waals surface area contributed by atoms with E-state index in [9.17, 15) is 4.79 Å². The number of fused-ring (bicyclic) bond motifs is 1. The first kappa shape index (κ1) is 22.5. The van der Waals surface area contributed by atoms with Gasteiger partial charge in [0.25, 0.3) is 0 Å². The molecule has 0 bridgehead atoms. The monoisotopic (exact) mass is 448 g/mol. The third-order valence-corrected chi connectivity index (χ3v) is 5.24. The summed E-state index contributed by atoms with van der Waals surface area (Å²) in [6.07, 6.45) is 1.32. The van der Waals surface area contributed by atoms with Crippen molar-refractivity contribution in [2.24, 2.45) is 0 Å². The first-order valence-electron chi connectivity index (χ1n) is 11.0. The minimum Gasteiger partial charge on any atom is -0.490 e. The van der Waals surface area contributed by atoms with Crippen molar-refractivity contribution < 1.29 is 19.0 Å². The number of amides is 1. The Morgan fingerprint density at radius 2 is 1.85 bits per heavy atom. The molecule has 1 amide bonds. The van der Waals surface area contributed by atoms with E-state index in [-0.39, 0.29) is 12.2 Å². The van der Waals surface area contributed by atoms with Crippen LogP contribution in [0.25, 0.3) is 15.9 Å². The summed E-state index contributed by atoms with van der Waals surface area (Å²) >= 11 is 0. The van der Waals surface area contributed by atoms with E-state index >= 15 is 0 Å². The molecular weight excluding hydrogens is 420 g/mol. The van der Waals surface area contributed by atoms with Gasteiger partial charge in [-0.25, -0.2) is 14.6 Å². The van der Waals surface area contributed by atoms with Gasteiger partial charge in [-0.2, -0.15) is 0 Å². The molecule has 0 spiro atoms. The Morgan fingerprint density at radius 3 is 2.52 bits per heavy atom. The zero-order valence-corrected chi connectivity index (χ0v) is 19.1. The number of imidazole rings is 1. The maximum Gasteiger partial charge on any atom is 0.410 e. The van der Waals surface area contributed by atoms with E-state index in [2.05, 4.69) is 14.8 Å². The summed E-state index contributed by atoms with van der Waals surface area (Å²) < 4.78 is 17.4. The predicted octanol–water partition coefficient (Wildman–Crippen LogP) is 5.47. The van der Waals surface area contributed by atoms with Crippen LogP contribution in [0.5, 0.6) is 11.5 Å². The third kappa shape index (κ3) is 5.95. The van der Waals surface area contributed by atoms with Gasteiger partial charge in [0, 0.05) is 25.9 Å². The quantitative estimate of drug-likeness (QED) is 0.524. The first-order chi connectivity index (χ1) is 15.8. The summed E-state index contributed by atoms with van der Waals surface area (Å²) in [5.41, 5.74) is 1.72. The van der Waals surface area contributed by atoms with Gasteiger partial charge in [-0.3, -0.25) is 0 Å². The molecule has 0 aliphatic carbocycles. The number of nitrogens with zero attached hydrogens (tertiary/aromatic N) is 3. The summed E-state index contributed by atoms with van der Waals surface area (Å²) in [4.78, 5) is 25.0. The van der Waals surface area contributed by atoms with Crippen LogP contribution >= 0.6 is 0 Å².